The van der Waals surface area contributed by atoms with Crippen LogP contribution < -0.4 is 10.1 Å². The molecule has 0 saturated carbocycles. The molecular weight excluding hydrogens is 285 g/mol. The summed E-state index contributed by atoms with van der Waals surface area (Å²) in [4.78, 5) is 16.2. The first-order valence-corrected chi connectivity index (χ1v) is 6.74. The average molecular weight is 299 g/mol. The van der Waals surface area contributed by atoms with Crippen LogP contribution in [-0.4, -0.2) is 21.9 Å². The summed E-state index contributed by atoms with van der Waals surface area (Å²) < 4.78 is 20.4. The van der Waals surface area contributed by atoms with Gasteiger partial charge in [0.25, 0.3) is 5.91 Å². The highest BCUT2D eigenvalue weighted by molar-refractivity contribution is 5.91. The molecule has 0 aliphatic carbocycles. The molecule has 6 heteroatoms. The van der Waals surface area contributed by atoms with Gasteiger partial charge in [-0.3, -0.25) is 4.79 Å². The summed E-state index contributed by atoms with van der Waals surface area (Å²) >= 11 is 0. The molecule has 0 saturated heterocycles. The second-order valence-corrected chi connectivity index (χ2v) is 4.83. The lowest BCUT2D eigenvalue weighted by molar-refractivity contribution is -0.118. The van der Waals surface area contributed by atoms with E-state index in [1.54, 1.807) is 30.5 Å². The highest BCUT2D eigenvalue weighted by Gasteiger charge is 2.07. The zero-order chi connectivity index (χ0) is 15.5. The molecule has 1 N–H and O–H groups in total. The minimum Gasteiger partial charge on any atom is -0.481 e. The third kappa shape index (κ3) is 3.06. The van der Waals surface area contributed by atoms with Gasteiger partial charge in [-0.2, -0.15) is 0 Å². The largest absolute Gasteiger partial charge is 0.481 e. The molecule has 3 aromatic rings. The van der Waals surface area contributed by atoms with Gasteiger partial charge >= 0.3 is 0 Å². The number of aromatic nitrogens is 2. The predicted molar refractivity (Wildman–Crippen MR) is 80.5 cm³/mol. The first kappa shape index (κ1) is 14.1. The molecule has 0 aliphatic heterocycles. The molecule has 0 radical (unpaired) electrons. The van der Waals surface area contributed by atoms with Crippen molar-refractivity contribution in [3.8, 4) is 5.75 Å². The van der Waals surface area contributed by atoms with Crippen LogP contribution in [-0.2, 0) is 4.79 Å². The van der Waals surface area contributed by atoms with Crippen LogP contribution in [0.5, 0.6) is 5.75 Å². The maximum Gasteiger partial charge on any atom is 0.262 e. The lowest BCUT2D eigenvalue weighted by atomic mass is 10.3. The Morgan fingerprint density at radius 2 is 2.09 bits per heavy atom. The highest BCUT2D eigenvalue weighted by atomic mass is 19.1. The summed E-state index contributed by atoms with van der Waals surface area (Å²) in [6, 6.07) is 9.52. The van der Waals surface area contributed by atoms with Gasteiger partial charge < -0.3 is 14.5 Å². The van der Waals surface area contributed by atoms with Gasteiger partial charge in [0.2, 0.25) is 0 Å². The average Bonchev–Trinajstić information content (AvgIpc) is 2.86. The van der Waals surface area contributed by atoms with Crippen molar-refractivity contribution in [2.24, 2.45) is 0 Å². The van der Waals surface area contributed by atoms with Crippen LogP contribution >= 0.6 is 0 Å². The molecule has 1 aromatic carbocycles. The summed E-state index contributed by atoms with van der Waals surface area (Å²) in [5.41, 5.74) is 2.32. The van der Waals surface area contributed by atoms with Gasteiger partial charge in [-0.1, -0.05) is 12.1 Å². The number of amides is 1. The molecule has 112 valence electrons. The van der Waals surface area contributed by atoms with Crippen LogP contribution in [0.25, 0.3) is 5.65 Å². The molecule has 0 aliphatic rings. The number of hydrogen-bond donors (Lipinski definition) is 1. The van der Waals surface area contributed by atoms with E-state index in [2.05, 4.69) is 10.3 Å². The van der Waals surface area contributed by atoms with Crippen molar-refractivity contribution >= 4 is 17.2 Å². The number of benzene rings is 1. The van der Waals surface area contributed by atoms with Gasteiger partial charge in [-0.25, -0.2) is 9.37 Å². The van der Waals surface area contributed by atoms with Gasteiger partial charge in [-0.15, -0.1) is 0 Å². The molecule has 5 nitrogen and oxygen atoms in total. The summed E-state index contributed by atoms with van der Waals surface area (Å²) in [5.74, 6) is -0.802. The van der Waals surface area contributed by atoms with Crippen LogP contribution in [0.2, 0.25) is 0 Å². The summed E-state index contributed by atoms with van der Waals surface area (Å²) in [6.07, 6.45) is 3.62. The van der Waals surface area contributed by atoms with Gasteiger partial charge in [0, 0.05) is 12.4 Å². The van der Waals surface area contributed by atoms with E-state index in [-0.39, 0.29) is 18.3 Å². The summed E-state index contributed by atoms with van der Waals surface area (Å²) in [5, 5.41) is 2.70. The Labute approximate surface area is 126 Å². The van der Waals surface area contributed by atoms with Gasteiger partial charge in [0.05, 0.1) is 11.4 Å². The Morgan fingerprint density at radius 1 is 1.27 bits per heavy atom. The Morgan fingerprint density at radius 3 is 2.91 bits per heavy atom. The van der Waals surface area contributed by atoms with Gasteiger partial charge in [0.15, 0.2) is 18.2 Å². The number of hydrogen-bond acceptors (Lipinski definition) is 3. The maximum absolute atomic E-state index is 13.4. The Hall–Kier alpha value is -2.89. The van der Waals surface area contributed by atoms with E-state index in [9.17, 15) is 9.18 Å². The monoisotopic (exact) mass is 299 g/mol. The lowest BCUT2D eigenvalue weighted by Crippen LogP contribution is -2.20. The number of rotatable bonds is 4. The number of halogens is 1. The minimum absolute atomic E-state index is 0.0540. The Bertz CT molecular complexity index is 829. The Kier molecular flexibility index (Phi) is 3.74. The van der Waals surface area contributed by atoms with Crippen LogP contribution in [0.4, 0.5) is 10.1 Å². The fraction of sp³-hybridized carbons (Fsp3) is 0.125. The fourth-order valence-corrected chi connectivity index (χ4v) is 2.09. The molecule has 1 amide bonds. The zero-order valence-corrected chi connectivity index (χ0v) is 11.9. The van der Waals surface area contributed by atoms with Crippen molar-refractivity contribution in [2.45, 2.75) is 6.92 Å². The van der Waals surface area contributed by atoms with Crippen LogP contribution in [0.15, 0.2) is 48.8 Å². The maximum atomic E-state index is 13.4. The van der Waals surface area contributed by atoms with Crippen LogP contribution in [0, 0.1) is 12.7 Å². The van der Waals surface area contributed by atoms with Crippen molar-refractivity contribution in [1.82, 2.24) is 9.38 Å². The number of carbonyl (C=O) groups excluding carboxylic acids is 1. The smallest absolute Gasteiger partial charge is 0.262 e. The fourth-order valence-electron chi connectivity index (χ4n) is 2.09. The molecule has 3 rings (SSSR count). The first-order chi connectivity index (χ1) is 10.6. The highest BCUT2D eigenvalue weighted by Crippen LogP contribution is 2.15. The number of aryl methyl sites for hydroxylation is 1. The predicted octanol–water partition coefficient (Wildman–Crippen LogP) is 2.80. The molecule has 22 heavy (non-hydrogen) atoms. The zero-order valence-electron chi connectivity index (χ0n) is 11.9. The van der Waals surface area contributed by atoms with Crippen molar-refractivity contribution in [2.75, 3.05) is 11.9 Å². The molecule has 0 spiro atoms. The summed E-state index contributed by atoms with van der Waals surface area (Å²) in [7, 11) is 0. The van der Waals surface area contributed by atoms with E-state index < -0.39 is 5.82 Å². The number of imidazole rings is 1. The number of fused-ring (bicyclic) bond motifs is 1. The minimum atomic E-state index is -0.495. The molecule has 0 fully saturated rings. The van der Waals surface area contributed by atoms with E-state index in [1.165, 1.54) is 12.1 Å². The number of ether oxygens (including phenoxy) is 1. The van der Waals surface area contributed by atoms with Gasteiger partial charge in [-0.05, 0) is 31.2 Å². The first-order valence-electron chi connectivity index (χ1n) is 6.74. The number of nitrogens with one attached hydrogen (secondary N) is 1. The number of para-hydroxylation sites is 1. The third-order valence-corrected chi connectivity index (χ3v) is 3.05. The van der Waals surface area contributed by atoms with Crippen molar-refractivity contribution in [3.63, 3.8) is 0 Å². The third-order valence-electron chi connectivity index (χ3n) is 3.05. The second kappa shape index (κ2) is 5.85. The molecular formula is C16H14FN3O2. The van der Waals surface area contributed by atoms with Crippen molar-refractivity contribution in [3.05, 3.63) is 60.3 Å². The quantitative estimate of drug-likeness (QED) is 0.806. The number of anilines is 1. The van der Waals surface area contributed by atoms with E-state index in [1.807, 2.05) is 17.5 Å². The van der Waals surface area contributed by atoms with E-state index in [0.29, 0.717) is 5.69 Å². The van der Waals surface area contributed by atoms with Crippen molar-refractivity contribution in [1.29, 1.82) is 0 Å². The van der Waals surface area contributed by atoms with Crippen LogP contribution in [0.1, 0.15) is 5.69 Å². The number of nitrogens with zero attached hydrogens (tertiary/aromatic N) is 2. The normalized spacial score (nSPS) is 10.6. The van der Waals surface area contributed by atoms with Gasteiger partial charge in [0.1, 0.15) is 5.65 Å². The molecule has 0 atom stereocenters. The standard InChI is InChI=1S/C16H14FN3O2/c1-11-8-20-9-12(6-7-15(20)18-11)19-16(21)10-22-14-5-3-2-4-13(14)17/h2-9H,10H2,1H3,(H,19,21). The molecule has 2 heterocycles. The molecule has 0 unspecified atom stereocenters. The van der Waals surface area contributed by atoms with Crippen molar-refractivity contribution < 1.29 is 13.9 Å². The van der Waals surface area contributed by atoms with E-state index in [0.717, 1.165) is 11.3 Å². The lowest BCUT2D eigenvalue weighted by Gasteiger charge is -2.08. The van der Waals surface area contributed by atoms with E-state index >= 15 is 0 Å². The molecule has 0 bridgehead atoms. The Balaban J connectivity index is 1.64. The summed E-state index contributed by atoms with van der Waals surface area (Å²) in [6.45, 7) is 1.63. The molecule has 2 aromatic heterocycles. The topological polar surface area (TPSA) is 55.6 Å². The van der Waals surface area contributed by atoms with E-state index in [4.69, 9.17) is 4.74 Å². The number of carbonyl (C=O) groups is 1. The SMILES string of the molecule is Cc1cn2cc(NC(=O)COc3ccccc3F)ccc2n1. The number of pyridine rings is 1. The second-order valence-electron chi connectivity index (χ2n) is 4.83. The van der Waals surface area contributed by atoms with Crippen LogP contribution in [0.3, 0.4) is 0 Å².